The summed E-state index contributed by atoms with van der Waals surface area (Å²) in [4.78, 5) is 11.9. The Labute approximate surface area is 153 Å². The summed E-state index contributed by atoms with van der Waals surface area (Å²) >= 11 is 7.15. The second-order valence-electron chi connectivity index (χ2n) is 4.78. The first-order valence-corrected chi connectivity index (χ1v) is 8.87. The Kier molecular flexibility index (Phi) is 7.81. The molecule has 0 aliphatic rings. The first-order valence-electron chi connectivity index (χ1n) is 7.34. The first kappa shape index (κ1) is 19.3. The number of benzene rings is 2. The van der Waals surface area contributed by atoms with Crippen molar-refractivity contribution in [2.45, 2.75) is 6.61 Å². The molecule has 1 N–H and O–H groups in total. The van der Waals surface area contributed by atoms with Crippen LogP contribution in [0.15, 0.2) is 48.5 Å². The highest BCUT2D eigenvalue weighted by Crippen LogP contribution is 2.25. The highest BCUT2D eigenvalue weighted by molar-refractivity contribution is 7.99. The van der Waals surface area contributed by atoms with Crippen LogP contribution >= 0.6 is 23.4 Å². The van der Waals surface area contributed by atoms with Crippen molar-refractivity contribution in [3.05, 3.63) is 53.6 Å². The van der Waals surface area contributed by atoms with E-state index >= 15 is 0 Å². The van der Waals surface area contributed by atoms with Gasteiger partial charge in [-0.3, -0.25) is 4.79 Å². The van der Waals surface area contributed by atoms with E-state index in [1.807, 2.05) is 0 Å². The molecule has 1 amide bonds. The van der Waals surface area contributed by atoms with E-state index in [0.29, 0.717) is 23.1 Å². The number of alkyl halides is 2. The van der Waals surface area contributed by atoms with Crippen molar-refractivity contribution in [3.8, 4) is 11.5 Å². The van der Waals surface area contributed by atoms with Gasteiger partial charge < -0.3 is 14.8 Å². The summed E-state index contributed by atoms with van der Waals surface area (Å²) in [6, 6.07) is 13.0. The van der Waals surface area contributed by atoms with Gasteiger partial charge in [0.15, 0.2) is 0 Å². The summed E-state index contributed by atoms with van der Waals surface area (Å²) < 4.78 is 34.5. The molecule has 2 rings (SSSR count). The Hall–Kier alpha value is -1.99. The number of carbonyl (C=O) groups is 1. The van der Waals surface area contributed by atoms with Crippen molar-refractivity contribution in [2.75, 3.05) is 23.4 Å². The maximum atomic E-state index is 12.3. The lowest BCUT2D eigenvalue weighted by Gasteiger charge is -2.11. The van der Waals surface area contributed by atoms with Crippen molar-refractivity contribution in [1.29, 1.82) is 0 Å². The third-order valence-electron chi connectivity index (χ3n) is 2.92. The Balaban J connectivity index is 1.70. The molecule has 25 heavy (non-hydrogen) atoms. The molecule has 8 heteroatoms. The molecule has 0 atom stereocenters. The molecule has 0 fully saturated rings. The Morgan fingerprint density at radius 3 is 2.60 bits per heavy atom. The molecule has 0 spiro atoms. The van der Waals surface area contributed by atoms with Crippen LogP contribution in [-0.4, -0.2) is 30.6 Å². The van der Waals surface area contributed by atoms with Gasteiger partial charge in [0.2, 0.25) is 5.91 Å². The Morgan fingerprint density at radius 2 is 1.88 bits per heavy atom. The van der Waals surface area contributed by atoms with Crippen molar-refractivity contribution < 1.29 is 23.0 Å². The fourth-order valence-corrected chi connectivity index (χ4v) is 2.60. The topological polar surface area (TPSA) is 47.6 Å². The van der Waals surface area contributed by atoms with Gasteiger partial charge >= 0.3 is 6.61 Å². The van der Waals surface area contributed by atoms with Crippen LogP contribution < -0.4 is 14.8 Å². The molecule has 0 radical (unpaired) electrons. The Morgan fingerprint density at radius 1 is 1.16 bits per heavy atom. The van der Waals surface area contributed by atoms with Crippen molar-refractivity contribution in [2.24, 2.45) is 0 Å². The number of rotatable bonds is 9. The van der Waals surface area contributed by atoms with Gasteiger partial charge in [0.1, 0.15) is 11.5 Å². The van der Waals surface area contributed by atoms with Gasteiger partial charge in [0.05, 0.1) is 18.0 Å². The van der Waals surface area contributed by atoms with Gasteiger partial charge in [0, 0.05) is 10.8 Å². The summed E-state index contributed by atoms with van der Waals surface area (Å²) in [5, 5.41) is 3.19. The minimum atomic E-state index is -2.95. The van der Waals surface area contributed by atoms with E-state index in [-0.39, 0.29) is 23.1 Å². The fourth-order valence-electron chi connectivity index (χ4n) is 1.87. The molecule has 0 unspecified atom stereocenters. The number of carbonyl (C=O) groups excluding carboxylic acids is 1. The van der Waals surface area contributed by atoms with E-state index in [1.165, 1.54) is 23.9 Å². The number of amides is 1. The fraction of sp³-hybridized carbons (Fsp3) is 0.235. The van der Waals surface area contributed by atoms with Crippen LogP contribution in [-0.2, 0) is 4.79 Å². The molecule has 4 nitrogen and oxygen atoms in total. The normalized spacial score (nSPS) is 10.6. The van der Waals surface area contributed by atoms with Crippen LogP contribution in [0.25, 0.3) is 0 Å². The summed E-state index contributed by atoms with van der Waals surface area (Å²) in [7, 11) is 0. The van der Waals surface area contributed by atoms with E-state index in [2.05, 4.69) is 10.1 Å². The minimum absolute atomic E-state index is 0.0677. The lowest BCUT2D eigenvalue weighted by atomic mass is 10.3. The van der Waals surface area contributed by atoms with Crippen LogP contribution in [0.3, 0.4) is 0 Å². The van der Waals surface area contributed by atoms with E-state index < -0.39 is 6.61 Å². The second-order valence-corrected chi connectivity index (χ2v) is 6.32. The number of hydrogen-bond donors (Lipinski definition) is 1. The number of hydrogen-bond acceptors (Lipinski definition) is 4. The van der Waals surface area contributed by atoms with Crippen LogP contribution in [0.1, 0.15) is 0 Å². The number of para-hydroxylation sites is 2. The zero-order valence-corrected chi connectivity index (χ0v) is 14.7. The third kappa shape index (κ3) is 7.19. The average molecular weight is 388 g/mol. The van der Waals surface area contributed by atoms with Gasteiger partial charge in [-0.15, -0.1) is 11.8 Å². The molecule has 0 saturated heterocycles. The highest BCUT2D eigenvalue weighted by atomic mass is 35.5. The third-order valence-corrected chi connectivity index (χ3v) is 4.09. The van der Waals surface area contributed by atoms with Crippen molar-refractivity contribution >= 4 is 35.0 Å². The lowest BCUT2D eigenvalue weighted by molar-refractivity contribution is -0.113. The van der Waals surface area contributed by atoms with Crippen LogP contribution in [0, 0.1) is 0 Å². The minimum Gasteiger partial charge on any atom is -0.493 e. The average Bonchev–Trinajstić information content (AvgIpc) is 2.57. The standard InChI is InChI=1S/C17H16ClF2NO3S/c18-12-5-7-13(8-6-12)23-9-10-25-11-16(22)21-14-3-1-2-4-15(14)24-17(19)20/h1-8,17H,9-11H2,(H,21,22). The zero-order valence-electron chi connectivity index (χ0n) is 13.1. The summed E-state index contributed by atoms with van der Waals surface area (Å²) in [6.45, 7) is -2.51. The van der Waals surface area contributed by atoms with E-state index in [0.717, 1.165) is 0 Å². The number of thioether (sulfide) groups is 1. The van der Waals surface area contributed by atoms with Crippen LogP contribution in [0.4, 0.5) is 14.5 Å². The SMILES string of the molecule is O=C(CSCCOc1ccc(Cl)cc1)Nc1ccccc1OC(F)F. The maximum absolute atomic E-state index is 12.3. The summed E-state index contributed by atoms with van der Waals surface area (Å²) in [6.07, 6.45) is 0. The lowest BCUT2D eigenvalue weighted by Crippen LogP contribution is -2.16. The molecule has 2 aromatic carbocycles. The van der Waals surface area contributed by atoms with Gasteiger partial charge in [0.25, 0.3) is 0 Å². The summed E-state index contributed by atoms with van der Waals surface area (Å²) in [5.74, 6) is 1.11. The van der Waals surface area contributed by atoms with Crippen LogP contribution in [0.5, 0.6) is 11.5 Å². The van der Waals surface area contributed by atoms with E-state index in [4.69, 9.17) is 16.3 Å². The number of ether oxygens (including phenoxy) is 2. The molecular formula is C17H16ClF2NO3S. The monoisotopic (exact) mass is 387 g/mol. The molecule has 0 saturated carbocycles. The Bertz CT molecular complexity index is 686. The molecule has 0 aliphatic carbocycles. The molecule has 0 aromatic heterocycles. The molecule has 2 aromatic rings. The molecule has 0 bridgehead atoms. The number of nitrogens with one attached hydrogen (secondary N) is 1. The van der Waals surface area contributed by atoms with Gasteiger partial charge in [-0.2, -0.15) is 8.78 Å². The van der Waals surface area contributed by atoms with Gasteiger partial charge in [-0.05, 0) is 36.4 Å². The van der Waals surface area contributed by atoms with Gasteiger partial charge in [-0.1, -0.05) is 23.7 Å². The molecule has 0 aliphatic heterocycles. The van der Waals surface area contributed by atoms with Crippen molar-refractivity contribution in [1.82, 2.24) is 0 Å². The number of anilines is 1. The first-order chi connectivity index (χ1) is 12.0. The maximum Gasteiger partial charge on any atom is 0.387 e. The molecule has 134 valence electrons. The quantitative estimate of drug-likeness (QED) is 0.634. The smallest absolute Gasteiger partial charge is 0.387 e. The van der Waals surface area contributed by atoms with E-state index in [1.54, 1.807) is 36.4 Å². The van der Waals surface area contributed by atoms with Crippen LogP contribution in [0.2, 0.25) is 5.02 Å². The van der Waals surface area contributed by atoms with E-state index in [9.17, 15) is 13.6 Å². The predicted molar refractivity (Wildman–Crippen MR) is 96.0 cm³/mol. The zero-order chi connectivity index (χ0) is 18.1. The largest absolute Gasteiger partial charge is 0.493 e. The molecule has 0 heterocycles. The predicted octanol–water partition coefficient (Wildman–Crippen LogP) is 4.69. The number of halogens is 3. The second kappa shape index (κ2) is 10.1. The van der Waals surface area contributed by atoms with Crippen molar-refractivity contribution in [3.63, 3.8) is 0 Å². The summed E-state index contributed by atoms with van der Waals surface area (Å²) in [5.41, 5.74) is 0.214. The molecular weight excluding hydrogens is 372 g/mol. The van der Waals surface area contributed by atoms with Gasteiger partial charge in [-0.25, -0.2) is 0 Å². The highest BCUT2D eigenvalue weighted by Gasteiger charge is 2.11.